The first-order valence-electron chi connectivity index (χ1n) is 5.92. The molecule has 100 valence electrons. The molecule has 0 saturated heterocycles. The van der Waals surface area contributed by atoms with E-state index in [1.165, 1.54) is 6.33 Å². The molecule has 6 heteroatoms. The van der Waals surface area contributed by atoms with Crippen LogP contribution in [0.5, 0.6) is 0 Å². The number of sulfone groups is 1. The summed E-state index contributed by atoms with van der Waals surface area (Å²) in [4.78, 5) is 8.20. The number of anilines is 1. The third kappa shape index (κ3) is 3.51. The SMILES string of the molecule is CCS(=O)(=O)c1ccc(NCc2cncnc2)cc1. The van der Waals surface area contributed by atoms with E-state index in [0.717, 1.165) is 11.3 Å². The topological polar surface area (TPSA) is 72.0 Å². The summed E-state index contributed by atoms with van der Waals surface area (Å²) >= 11 is 0. The highest BCUT2D eigenvalue weighted by Crippen LogP contribution is 2.15. The Kier molecular flexibility index (Phi) is 4.11. The molecular weight excluding hydrogens is 262 g/mol. The molecule has 0 unspecified atom stereocenters. The van der Waals surface area contributed by atoms with Crippen LogP contribution < -0.4 is 5.32 Å². The van der Waals surface area contributed by atoms with E-state index in [-0.39, 0.29) is 5.75 Å². The number of aromatic nitrogens is 2. The van der Waals surface area contributed by atoms with Crippen molar-refractivity contribution in [1.82, 2.24) is 9.97 Å². The third-order valence-electron chi connectivity index (χ3n) is 2.70. The van der Waals surface area contributed by atoms with Crippen molar-refractivity contribution in [2.24, 2.45) is 0 Å². The molecule has 1 aromatic heterocycles. The third-order valence-corrected chi connectivity index (χ3v) is 4.45. The van der Waals surface area contributed by atoms with E-state index in [2.05, 4.69) is 15.3 Å². The van der Waals surface area contributed by atoms with Crippen LogP contribution in [0.25, 0.3) is 0 Å². The molecule has 0 atom stereocenters. The zero-order chi connectivity index (χ0) is 13.7. The molecule has 0 aliphatic carbocycles. The van der Waals surface area contributed by atoms with Gasteiger partial charge in [-0.25, -0.2) is 18.4 Å². The van der Waals surface area contributed by atoms with Gasteiger partial charge < -0.3 is 5.32 Å². The van der Waals surface area contributed by atoms with Crippen LogP contribution in [0.3, 0.4) is 0 Å². The van der Waals surface area contributed by atoms with Gasteiger partial charge in [0.15, 0.2) is 9.84 Å². The van der Waals surface area contributed by atoms with E-state index in [0.29, 0.717) is 11.4 Å². The Hall–Kier alpha value is -1.95. The average Bonchev–Trinajstić information content (AvgIpc) is 2.47. The molecule has 0 amide bonds. The lowest BCUT2D eigenvalue weighted by molar-refractivity contribution is 0.597. The van der Waals surface area contributed by atoms with Crippen LogP contribution in [-0.2, 0) is 16.4 Å². The minimum absolute atomic E-state index is 0.112. The zero-order valence-electron chi connectivity index (χ0n) is 10.6. The summed E-state index contributed by atoms with van der Waals surface area (Å²) in [5, 5.41) is 3.18. The molecule has 0 radical (unpaired) electrons. The number of rotatable bonds is 5. The molecule has 2 aromatic rings. The number of benzene rings is 1. The van der Waals surface area contributed by atoms with Gasteiger partial charge in [-0.2, -0.15) is 0 Å². The van der Waals surface area contributed by atoms with Crippen LogP contribution in [0.15, 0.2) is 47.9 Å². The molecule has 0 aliphatic heterocycles. The summed E-state index contributed by atoms with van der Waals surface area (Å²) in [6.07, 6.45) is 4.94. The van der Waals surface area contributed by atoms with Crippen LogP contribution in [0.1, 0.15) is 12.5 Å². The summed E-state index contributed by atoms with van der Waals surface area (Å²) in [6, 6.07) is 6.74. The average molecular weight is 277 g/mol. The second kappa shape index (κ2) is 5.79. The summed E-state index contributed by atoms with van der Waals surface area (Å²) < 4.78 is 23.3. The van der Waals surface area contributed by atoms with Gasteiger partial charge in [-0.3, -0.25) is 0 Å². The van der Waals surface area contributed by atoms with Crippen LogP contribution >= 0.6 is 0 Å². The van der Waals surface area contributed by atoms with Crippen molar-refractivity contribution >= 4 is 15.5 Å². The quantitative estimate of drug-likeness (QED) is 0.903. The second-order valence-electron chi connectivity index (χ2n) is 4.03. The smallest absolute Gasteiger partial charge is 0.178 e. The standard InChI is InChI=1S/C13H15N3O2S/c1-2-19(17,18)13-5-3-12(4-6-13)16-9-11-7-14-10-15-8-11/h3-8,10,16H,2,9H2,1H3. The van der Waals surface area contributed by atoms with Gasteiger partial charge in [0.25, 0.3) is 0 Å². The van der Waals surface area contributed by atoms with Crippen molar-refractivity contribution in [1.29, 1.82) is 0 Å². The Bertz CT molecular complexity index is 625. The van der Waals surface area contributed by atoms with Crippen molar-refractivity contribution < 1.29 is 8.42 Å². The molecule has 1 N–H and O–H groups in total. The van der Waals surface area contributed by atoms with Crippen molar-refractivity contribution in [2.75, 3.05) is 11.1 Å². The Morgan fingerprint density at radius 3 is 2.32 bits per heavy atom. The molecule has 0 spiro atoms. The fourth-order valence-electron chi connectivity index (χ4n) is 1.57. The maximum absolute atomic E-state index is 11.7. The van der Waals surface area contributed by atoms with Gasteiger partial charge in [0, 0.05) is 30.2 Å². The number of hydrogen-bond donors (Lipinski definition) is 1. The highest BCUT2D eigenvalue weighted by molar-refractivity contribution is 7.91. The summed E-state index contributed by atoms with van der Waals surface area (Å²) in [5.74, 6) is 0.112. The predicted molar refractivity (Wildman–Crippen MR) is 73.5 cm³/mol. The first kappa shape index (κ1) is 13.5. The minimum Gasteiger partial charge on any atom is -0.381 e. The molecule has 1 aromatic carbocycles. The fourth-order valence-corrected chi connectivity index (χ4v) is 2.46. The van der Waals surface area contributed by atoms with Crippen molar-refractivity contribution in [2.45, 2.75) is 18.4 Å². The molecule has 0 aliphatic rings. The van der Waals surface area contributed by atoms with Crippen molar-refractivity contribution in [3.8, 4) is 0 Å². The van der Waals surface area contributed by atoms with Gasteiger partial charge in [0.2, 0.25) is 0 Å². The summed E-state index contributed by atoms with van der Waals surface area (Å²) in [6.45, 7) is 2.23. The van der Waals surface area contributed by atoms with Gasteiger partial charge >= 0.3 is 0 Å². The molecule has 19 heavy (non-hydrogen) atoms. The van der Waals surface area contributed by atoms with E-state index < -0.39 is 9.84 Å². The Morgan fingerprint density at radius 1 is 1.11 bits per heavy atom. The Labute approximate surface area is 112 Å². The van der Waals surface area contributed by atoms with Crippen LogP contribution in [0.4, 0.5) is 5.69 Å². The summed E-state index contributed by atoms with van der Waals surface area (Å²) in [5.41, 5.74) is 1.83. The lowest BCUT2D eigenvalue weighted by atomic mass is 10.3. The molecule has 0 saturated carbocycles. The van der Waals surface area contributed by atoms with E-state index in [9.17, 15) is 8.42 Å². The number of nitrogens with zero attached hydrogens (tertiary/aromatic N) is 2. The highest BCUT2D eigenvalue weighted by Gasteiger charge is 2.10. The van der Waals surface area contributed by atoms with Crippen LogP contribution in [-0.4, -0.2) is 24.1 Å². The Balaban J connectivity index is 2.04. The van der Waals surface area contributed by atoms with Gasteiger partial charge in [-0.05, 0) is 24.3 Å². The second-order valence-corrected chi connectivity index (χ2v) is 6.31. The van der Waals surface area contributed by atoms with E-state index in [1.807, 2.05) is 0 Å². The maximum atomic E-state index is 11.7. The van der Waals surface area contributed by atoms with Crippen molar-refractivity contribution in [3.05, 3.63) is 48.5 Å². The van der Waals surface area contributed by atoms with E-state index in [4.69, 9.17) is 0 Å². The highest BCUT2D eigenvalue weighted by atomic mass is 32.2. The predicted octanol–water partition coefficient (Wildman–Crippen LogP) is 1.88. The molecular formula is C13H15N3O2S. The normalized spacial score (nSPS) is 11.2. The number of nitrogens with one attached hydrogen (secondary N) is 1. The lowest BCUT2D eigenvalue weighted by Gasteiger charge is -2.07. The lowest BCUT2D eigenvalue weighted by Crippen LogP contribution is -2.04. The van der Waals surface area contributed by atoms with Gasteiger partial charge in [0.1, 0.15) is 6.33 Å². The van der Waals surface area contributed by atoms with Crippen LogP contribution in [0.2, 0.25) is 0 Å². The number of hydrogen-bond acceptors (Lipinski definition) is 5. The monoisotopic (exact) mass is 277 g/mol. The van der Waals surface area contributed by atoms with Gasteiger partial charge in [-0.15, -0.1) is 0 Å². The molecule has 0 fully saturated rings. The van der Waals surface area contributed by atoms with E-state index in [1.54, 1.807) is 43.6 Å². The zero-order valence-corrected chi connectivity index (χ0v) is 11.4. The van der Waals surface area contributed by atoms with Gasteiger partial charge in [0.05, 0.1) is 10.6 Å². The molecule has 2 rings (SSSR count). The summed E-state index contributed by atoms with van der Waals surface area (Å²) in [7, 11) is -3.13. The largest absolute Gasteiger partial charge is 0.381 e. The molecule has 5 nitrogen and oxygen atoms in total. The first-order valence-corrected chi connectivity index (χ1v) is 7.57. The van der Waals surface area contributed by atoms with Crippen LogP contribution in [0, 0.1) is 0 Å². The Morgan fingerprint density at radius 2 is 1.74 bits per heavy atom. The molecule has 1 heterocycles. The van der Waals surface area contributed by atoms with E-state index >= 15 is 0 Å². The minimum atomic E-state index is -3.13. The maximum Gasteiger partial charge on any atom is 0.178 e. The molecule has 0 bridgehead atoms. The van der Waals surface area contributed by atoms with Crippen molar-refractivity contribution in [3.63, 3.8) is 0 Å². The van der Waals surface area contributed by atoms with Gasteiger partial charge in [-0.1, -0.05) is 6.92 Å². The fraction of sp³-hybridized carbons (Fsp3) is 0.231. The first-order chi connectivity index (χ1) is 9.12.